The first-order valence-electron chi connectivity index (χ1n) is 6.22. The second-order valence-electron chi connectivity index (χ2n) is 4.91. The number of anilines is 1. The zero-order chi connectivity index (χ0) is 12.6. The van der Waals surface area contributed by atoms with Crippen molar-refractivity contribution in [3.8, 4) is 0 Å². The minimum atomic E-state index is -0.173. The Balaban J connectivity index is 1.90. The quantitative estimate of drug-likeness (QED) is 0.830. The van der Waals surface area contributed by atoms with Gasteiger partial charge in [-0.05, 0) is 18.9 Å². The molecule has 1 aliphatic heterocycles. The summed E-state index contributed by atoms with van der Waals surface area (Å²) in [7, 11) is 0. The predicted octanol–water partition coefficient (Wildman–Crippen LogP) is 0.990. The number of aliphatic hydroxyl groups excluding tert-OH is 1. The number of aromatic nitrogens is 2. The van der Waals surface area contributed by atoms with Crippen molar-refractivity contribution in [2.45, 2.75) is 18.3 Å². The fraction of sp³-hybridized carbons (Fsp3) is 0.667. The van der Waals surface area contributed by atoms with Crippen LogP contribution in [0.1, 0.15) is 18.5 Å². The van der Waals surface area contributed by atoms with Crippen LogP contribution in [0.25, 0.3) is 0 Å². The van der Waals surface area contributed by atoms with Gasteiger partial charge in [0.1, 0.15) is 5.15 Å². The van der Waals surface area contributed by atoms with Gasteiger partial charge in [-0.25, -0.2) is 9.97 Å². The summed E-state index contributed by atoms with van der Waals surface area (Å²) in [4.78, 5) is 10.9. The Labute approximate surface area is 111 Å². The van der Waals surface area contributed by atoms with Gasteiger partial charge in [0.05, 0.1) is 25.5 Å². The lowest BCUT2D eigenvalue weighted by Gasteiger charge is -2.27. The number of ether oxygens (including phenoxy) is 1. The van der Waals surface area contributed by atoms with Crippen molar-refractivity contribution in [2.75, 3.05) is 37.8 Å². The monoisotopic (exact) mass is 269 g/mol. The average molecular weight is 270 g/mol. The number of hydrogen-bond acceptors (Lipinski definition) is 5. The molecular formula is C12H16ClN3O2. The lowest BCUT2D eigenvalue weighted by molar-refractivity contribution is 0.122. The van der Waals surface area contributed by atoms with Gasteiger partial charge < -0.3 is 14.7 Å². The van der Waals surface area contributed by atoms with E-state index in [4.69, 9.17) is 16.3 Å². The standard InChI is InChI=1S/C12H16ClN3O2/c13-10-7-9(12(8-17)1-2-12)14-11(15-10)16-3-5-18-6-4-16/h7,17H,1-6,8H2. The summed E-state index contributed by atoms with van der Waals surface area (Å²) in [6.07, 6.45) is 1.94. The number of morpholine rings is 1. The summed E-state index contributed by atoms with van der Waals surface area (Å²) in [5.41, 5.74) is 0.694. The lowest BCUT2D eigenvalue weighted by atomic mass is 10.0. The van der Waals surface area contributed by atoms with Crippen LogP contribution in [0, 0.1) is 0 Å². The highest BCUT2D eigenvalue weighted by Crippen LogP contribution is 2.47. The van der Waals surface area contributed by atoms with Crippen molar-refractivity contribution in [1.82, 2.24) is 9.97 Å². The van der Waals surface area contributed by atoms with Crippen molar-refractivity contribution in [3.05, 3.63) is 16.9 Å². The van der Waals surface area contributed by atoms with Gasteiger partial charge >= 0.3 is 0 Å². The van der Waals surface area contributed by atoms with Gasteiger partial charge in [0.25, 0.3) is 0 Å². The number of hydrogen-bond donors (Lipinski definition) is 1. The van der Waals surface area contributed by atoms with Crippen LogP contribution in [-0.2, 0) is 10.2 Å². The maximum absolute atomic E-state index is 9.46. The molecule has 0 bridgehead atoms. The van der Waals surface area contributed by atoms with Crippen molar-refractivity contribution < 1.29 is 9.84 Å². The van der Waals surface area contributed by atoms with E-state index in [0.29, 0.717) is 24.3 Å². The molecule has 18 heavy (non-hydrogen) atoms. The molecule has 2 aliphatic rings. The van der Waals surface area contributed by atoms with Crippen molar-refractivity contribution >= 4 is 17.5 Å². The Morgan fingerprint density at radius 1 is 1.33 bits per heavy atom. The third kappa shape index (κ3) is 2.18. The Morgan fingerprint density at radius 2 is 2.06 bits per heavy atom. The van der Waals surface area contributed by atoms with E-state index in [1.54, 1.807) is 6.07 Å². The maximum atomic E-state index is 9.46. The van der Waals surface area contributed by atoms with Crippen LogP contribution in [0.2, 0.25) is 5.15 Å². The number of halogens is 1. The molecule has 2 heterocycles. The first-order valence-corrected chi connectivity index (χ1v) is 6.60. The molecule has 0 radical (unpaired) electrons. The first-order chi connectivity index (χ1) is 8.73. The van der Waals surface area contributed by atoms with Gasteiger partial charge in [0.2, 0.25) is 5.95 Å². The molecule has 1 aromatic heterocycles. The second-order valence-corrected chi connectivity index (χ2v) is 5.30. The van der Waals surface area contributed by atoms with Crippen LogP contribution in [0.3, 0.4) is 0 Å². The van der Waals surface area contributed by atoms with Gasteiger partial charge in [-0.1, -0.05) is 11.6 Å². The second kappa shape index (κ2) is 4.64. The summed E-state index contributed by atoms with van der Waals surface area (Å²) < 4.78 is 5.31. The molecule has 0 aromatic carbocycles. The lowest BCUT2D eigenvalue weighted by Crippen LogP contribution is -2.37. The molecule has 1 saturated carbocycles. The summed E-state index contributed by atoms with van der Waals surface area (Å²) in [6, 6.07) is 1.77. The molecule has 0 unspecified atom stereocenters. The summed E-state index contributed by atoms with van der Waals surface area (Å²) in [5.74, 6) is 0.653. The minimum Gasteiger partial charge on any atom is -0.395 e. The average Bonchev–Trinajstić information content (AvgIpc) is 3.20. The molecule has 5 nitrogen and oxygen atoms in total. The van der Waals surface area contributed by atoms with Crippen molar-refractivity contribution in [3.63, 3.8) is 0 Å². The van der Waals surface area contributed by atoms with Gasteiger partial charge in [0.15, 0.2) is 0 Å². The molecule has 1 saturated heterocycles. The molecule has 1 N–H and O–H groups in total. The molecule has 1 aliphatic carbocycles. The fourth-order valence-electron chi connectivity index (χ4n) is 2.23. The van der Waals surface area contributed by atoms with E-state index in [-0.39, 0.29) is 12.0 Å². The molecule has 6 heteroatoms. The van der Waals surface area contributed by atoms with Crippen LogP contribution in [0.5, 0.6) is 0 Å². The van der Waals surface area contributed by atoms with Gasteiger partial charge in [-0.15, -0.1) is 0 Å². The number of nitrogens with zero attached hydrogens (tertiary/aromatic N) is 3. The van der Waals surface area contributed by atoms with E-state index in [9.17, 15) is 5.11 Å². The van der Waals surface area contributed by atoms with E-state index in [1.807, 2.05) is 0 Å². The van der Waals surface area contributed by atoms with E-state index in [0.717, 1.165) is 31.6 Å². The summed E-state index contributed by atoms with van der Waals surface area (Å²) in [6.45, 7) is 3.08. The molecule has 3 rings (SSSR count). The smallest absolute Gasteiger partial charge is 0.227 e. The van der Waals surface area contributed by atoms with Crippen molar-refractivity contribution in [2.24, 2.45) is 0 Å². The zero-order valence-electron chi connectivity index (χ0n) is 10.1. The van der Waals surface area contributed by atoms with Crippen LogP contribution in [-0.4, -0.2) is 48.0 Å². The van der Waals surface area contributed by atoms with Gasteiger partial charge in [-0.3, -0.25) is 0 Å². The fourth-order valence-corrected chi connectivity index (χ4v) is 2.41. The Hall–Kier alpha value is -0.910. The maximum Gasteiger partial charge on any atom is 0.227 e. The minimum absolute atomic E-state index is 0.128. The highest BCUT2D eigenvalue weighted by molar-refractivity contribution is 6.29. The largest absolute Gasteiger partial charge is 0.395 e. The van der Waals surface area contributed by atoms with Gasteiger partial charge in [-0.2, -0.15) is 0 Å². The SMILES string of the molecule is OCC1(c2cc(Cl)nc(N3CCOCC3)n2)CC1. The third-order valence-electron chi connectivity index (χ3n) is 3.68. The van der Waals surface area contributed by atoms with E-state index in [2.05, 4.69) is 14.9 Å². The highest BCUT2D eigenvalue weighted by atomic mass is 35.5. The van der Waals surface area contributed by atoms with Crippen LogP contribution < -0.4 is 4.90 Å². The molecule has 0 atom stereocenters. The van der Waals surface area contributed by atoms with E-state index in [1.165, 1.54) is 0 Å². The normalized spacial score (nSPS) is 22.0. The molecular weight excluding hydrogens is 254 g/mol. The van der Waals surface area contributed by atoms with Crippen LogP contribution in [0.15, 0.2) is 6.07 Å². The Kier molecular flexibility index (Phi) is 3.13. The van der Waals surface area contributed by atoms with Crippen molar-refractivity contribution in [1.29, 1.82) is 0 Å². The van der Waals surface area contributed by atoms with Crippen LogP contribution in [0.4, 0.5) is 5.95 Å². The number of rotatable bonds is 3. The first kappa shape index (κ1) is 12.1. The number of aliphatic hydroxyl groups is 1. The van der Waals surface area contributed by atoms with Gasteiger partial charge in [0, 0.05) is 18.5 Å². The Morgan fingerprint density at radius 3 is 2.67 bits per heavy atom. The molecule has 2 fully saturated rings. The molecule has 98 valence electrons. The summed E-state index contributed by atoms with van der Waals surface area (Å²) >= 11 is 6.07. The Bertz CT molecular complexity index is 445. The molecule has 0 spiro atoms. The highest BCUT2D eigenvalue weighted by Gasteiger charge is 2.45. The summed E-state index contributed by atoms with van der Waals surface area (Å²) in [5, 5.41) is 9.91. The third-order valence-corrected chi connectivity index (χ3v) is 3.87. The molecule has 1 aromatic rings. The van der Waals surface area contributed by atoms with Crippen LogP contribution >= 0.6 is 11.6 Å². The zero-order valence-corrected chi connectivity index (χ0v) is 10.9. The van der Waals surface area contributed by atoms with E-state index >= 15 is 0 Å². The topological polar surface area (TPSA) is 58.5 Å². The van der Waals surface area contributed by atoms with E-state index < -0.39 is 0 Å². The molecule has 0 amide bonds. The predicted molar refractivity (Wildman–Crippen MR) is 68.1 cm³/mol.